The molecule has 3 rings (SSSR count). The molecule has 1 saturated heterocycles. The number of hydrogen-bond acceptors (Lipinski definition) is 5. The summed E-state index contributed by atoms with van der Waals surface area (Å²) >= 11 is 1.29. The Morgan fingerprint density at radius 2 is 2.04 bits per heavy atom. The predicted octanol–water partition coefficient (Wildman–Crippen LogP) is 2.31. The number of allylic oxidation sites excluding steroid dienone is 1. The van der Waals surface area contributed by atoms with Crippen molar-refractivity contribution in [3.63, 3.8) is 0 Å². The average Bonchev–Trinajstić information content (AvgIpc) is 2.61. The molecular formula is C19H23N3O3S. The molecule has 0 unspecified atom stereocenters. The highest BCUT2D eigenvalue weighted by atomic mass is 32.2. The molecule has 0 saturated carbocycles. The van der Waals surface area contributed by atoms with Crippen molar-refractivity contribution in [1.82, 2.24) is 14.5 Å². The van der Waals surface area contributed by atoms with Gasteiger partial charge in [-0.3, -0.25) is 14.2 Å². The summed E-state index contributed by atoms with van der Waals surface area (Å²) in [6.07, 6.45) is 1.73. The normalized spacial score (nSPS) is 20.3. The van der Waals surface area contributed by atoms with Crippen LogP contribution in [0.3, 0.4) is 0 Å². The maximum absolute atomic E-state index is 12.7. The summed E-state index contributed by atoms with van der Waals surface area (Å²) in [5.74, 6) is 0.269. The van der Waals surface area contributed by atoms with Crippen molar-refractivity contribution in [3.05, 3.63) is 47.3 Å². The molecule has 1 fully saturated rings. The van der Waals surface area contributed by atoms with Gasteiger partial charge in [-0.1, -0.05) is 30.0 Å². The van der Waals surface area contributed by atoms with Crippen LogP contribution in [0.1, 0.15) is 13.8 Å². The number of ether oxygens (including phenoxy) is 1. The van der Waals surface area contributed by atoms with Crippen LogP contribution in [0.25, 0.3) is 10.9 Å². The van der Waals surface area contributed by atoms with E-state index in [-0.39, 0.29) is 29.4 Å². The molecule has 7 heteroatoms. The number of morpholine rings is 1. The van der Waals surface area contributed by atoms with Gasteiger partial charge in [0.1, 0.15) is 0 Å². The molecular weight excluding hydrogens is 350 g/mol. The van der Waals surface area contributed by atoms with E-state index in [4.69, 9.17) is 4.74 Å². The number of fused-ring (bicyclic) bond motifs is 1. The second-order valence-electron chi connectivity index (χ2n) is 6.46. The number of carbonyl (C=O) groups excluding carboxylic acids is 1. The Labute approximate surface area is 156 Å². The lowest BCUT2D eigenvalue weighted by Gasteiger charge is -2.35. The van der Waals surface area contributed by atoms with Gasteiger partial charge >= 0.3 is 0 Å². The standard InChI is InChI=1S/C19H23N3O3S/c1-4-9-22-18(24)15-7-5-6-8-16(15)20-19(22)26-12-17(23)21-10-13(2)25-14(3)11-21/h4-8,13-14H,1,9-12H2,2-3H3/t13-,14+. The van der Waals surface area contributed by atoms with E-state index < -0.39 is 0 Å². The molecule has 0 N–H and O–H groups in total. The Morgan fingerprint density at radius 3 is 2.73 bits per heavy atom. The first kappa shape index (κ1) is 18.7. The summed E-state index contributed by atoms with van der Waals surface area (Å²) in [5.41, 5.74) is 0.528. The van der Waals surface area contributed by atoms with E-state index >= 15 is 0 Å². The van der Waals surface area contributed by atoms with Crippen molar-refractivity contribution in [2.24, 2.45) is 0 Å². The molecule has 0 aliphatic carbocycles. The minimum Gasteiger partial charge on any atom is -0.372 e. The van der Waals surface area contributed by atoms with Crippen LogP contribution in [0.4, 0.5) is 0 Å². The zero-order valence-corrected chi connectivity index (χ0v) is 15.9. The summed E-state index contributed by atoms with van der Waals surface area (Å²) in [6, 6.07) is 7.25. The van der Waals surface area contributed by atoms with Gasteiger partial charge in [-0.25, -0.2) is 4.98 Å². The molecule has 1 amide bonds. The minimum absolute atomic E-state index is 0.0320. The van der Waals surface area contributed by atoms with Crippen molar-refractivity contribution in [2.75, 3.05) is 18.8 Å². The van der Waals surface area contributed by atoms with Crippen LogP contribution in [-0.2, 0) is 16.1 Å². The first-order valence-electron chi connectivity index (χ1n) is 8.66. The average molecular weight is 373 g/mol. The van der Waals surface area contributed by atoms with Gasteiger partial charge in [0.25, 0.3) is 5.56 Å². The first-order valence-corrected chi connectivity index (χ1v) is 9.64. The van der Waals surface area contributed by atoms with Gasteiger partial charge in [-0.15, -0.1) is 6.58 Å². The number of nitrogens with zero attached hydrogens (tertiary/aromatic N) is 3. The third-order valence-corrected chi connectivity index (χ3v) is 5.20. The SMILES string of the molecule is C=CCn1c(SCC(=O)N2C[C@@H](C)O[C@@H](C)C2)nc2ccccc2c1=O. The van der Waals surface area contributed by atoms with Gasteiger partial charge in [-0.2, -0.15) is 0 Å². The second kappa shape index (κ2) is 8.05. The number of thioether (sulfide) groups is 1. The van der Waals surface area contributed by atoms with Gasteiger partial charge < -0.3 is 9.64 Å². The van der Waals surface area contributed by atoms with Crippen LogP contribution >= 0.6 is 11.8 Å². The molecule has 0 bridgehead atoms. The van der Waals surface area contributed by atoms with E-state index in [1.54, 1.807) is 16.7 Å². The van der Waals surface area contributed by atoms with Gasteiger partial charge in [-0.05, 0) is 26.0 Å². The number of carbonyl (C=O) groups is 1. The Morgan fingerprint density at radius 1 is 1.35 bits per heavy atom. The molecule has 138 valence electrons. The van der Waals surface area contributed by atoms with Gasteiger partial charge in [0.05, 0.1) is 28.9 Å². The molecule has 2 atom stereocenters. The van der Waals surface area contributed by atoms with Crippen LogP contribution in [0.5, 0.6) is 0 Å². The zero-order chi connectivity index (χ0) is 18.7. The highest BCUT2D eigenvalue weighted by molar-refractivity contribution is 7.99. The number of benzene rings is 1. The molecule has 0 radical (unpaired) electrons. The van der Waals surface area contributed by atoms with Crippen LogP contribution < -0.4 is 5.56 Å². The van der Waals surface area contributed by atoms with Gasteiger partial charge in [0, 0.05) is 19.6 Å². The Balaban J connectivity index is 1.81. The fourth-order valence-corrected chi connectivity index (χ4v) is 4.06. The molecule has 0 spiro atoms. The van der Waals surface area contributed by atoms with E-state index in [1.807, 2.05) is 36.9 Å². The van der Waals surface area contributed by atoms with E-state index in [0.717, 1.165) is 0 Å². The molecule has 2 heterocycles. The van der Waals surface area contributed by atoms with Gasteiger partial charge in [0.2, 0.25) is 5.91 Å². The first-order chi connectivity index (χ1) is 12.5. The monoisotopic (exact) mass is 373 g/mol. The third kappa shape index (κ3) is 3.99. The summed E-state index contributed by atoms with van der Waals surface area (Å²) in [6.45, 7) is 9.20. The lowest BCUT2D eigenvalue weighted by molar-refractivity contribution is -0.140. The lowest BCUT2D eigenvalue weighted by atomic mass is 10.2. The molecule has 1 aliphatic heterocycles. The van der Waals surface area contributed by atoms with E-state index in [9.17, 15) is 9.59 Å². The highest BCUT2D eigenvalue weighted by Crippen LogP contribution is 2.20. The second-order valence-corrected chi connectivity index (χ2v) is 7.40. The molecule has 1 aromatic heterocycles. The van der Waals surface area contributed by atoms with Crippen LogP contribution in [0, 0.1) is 0 Å². The zero-order valence-electron chi connectivity index (χ0n) is 15.1. The molecule has 6 nitrogen and oxygen atoms in total. The van der Waals surface area contributed by atoms with Crippen LogP contribution in [0.2, 0.25) is 0 Å². The van der Waals surface area contributed by atoms with E-state index in [2.05, 4.69) is 11.6 Å². The quantitative estimate of drug-likeness (QED) is 0.457. The summed E-state index contributed by atoms with van der Waals surface area (Å²) < 4.78 is 7.24. The molecule has 1 aromatic carbocycles. The Bertz CT molecular complexity index is 870. The summed E-state index contributed by atoms with van der Waals surface area (Å²) in [7, 11) is 0. The Kier molecular flexibility index (Phi) is 5.78. The number of hydrogen-bond donors (Lipinski definition) is 0. The number of rotatable bonds is 5. The van der Waals surface area contributed by atoms with Gasteiger partial charge in [0.15, 0.2) is 5.16 Å². The van der Waals surface area contributed by atoms with Crippen molar-refractivity contribution in [3.8, 4) is 0 Å². The van der Waals surface area contributed by atoms with Crippen LogP contribution in [0.15, 0.2) is 46.9 Å². The molecule has 26 heavy (non-hydrogen) atoms. The van der Waals surface area contributed by atoms with E-state index in [1.165, 1.54) is 11.8 Å². The van der Waals surface area contributed by atoms with Crippen molar-refractivity contribution < 1.29 is 9.53 Å². The van der Waals surface area contributed by atoms with Crippen molar-refractivity contribution in [1.29, 1.82) is 0 Å². The number of aromatic nitrogens is 2. The highest BCUT2D eigenvalue weighted by Gasteiger charge is 2.26. The lowest BCUT2D eigenvalue weighted by Crippen LogP contribution is -2.48. The van der Waals surface area contributed by atoms with Crippen molar-refractivity contribution in [2.45, 2.75) is 37.8 Å². The number of para-hydroxylation sites is 1. The minimum atomic E-state index is -0.112. The predicted molar refractivity (Wildman–Crippen MR) is 104 cm³/mol. The Hall–Kier alpha value is -2.12. The maximum Gasteiger partial charge on any atom is 0.262 e. The summed E-state index contributed by atoms with van der Waals surface area (Å²) in [5, 5.41) is 1.11. The fourth-order valence-electron chi connectivity index (χ4n) is 3.15. The molecule has 2 aromatic rings. The number of amides is 1. The van der Waals surface area contributed by atoms with E-state index in [0.29, 0.717) is 35.7 Å². The molecule has 1 aliphatic rings. The smallest absolute Gasteiger partial charge is 0.262 e. The fraction of sp³-hybridized carbons (Fsp3) is 0.421. The summed E-state index contributed by atoms with van der Waals surface area (Å²) in [4.78, 5) is 31.7. The largest absolute Gasteiger partial charge is 0.372 e. The topological polar surface area (TPSA) is 64.4 Å². The maximum atomic E-state index is 12.7. The van der Waals surface area contributed by atoms with Crippen LogP contribution in [-0.4, -0.2) is 51.4 Å². The van der Waals surface area contributed by atoms with Crippen molar-refractivity contribution >= 4 is 28.6 Å². The third-order valence-electron chi connectivity index (χ3n) is 4.24.